The van der Waals surface area contributed by atoms with E-state index in [0.717, 1.165) is 12.4 Å². The molecule has 0 bridgehead atoms. The van der Waals surface area contributed by atoms with Crippen molar-refractivity contribution in [2.24, 2.45) is 5.92 Å². The van der Waals surface area contributed by atoms with E-state index in [1.54, 1.807) is 4.52 Å². The van der Waals surface area contributed by atoms with Crippen LogP contribution in [-0.4, -0.2) is 58.2 Å². The molecule has 0 spiro atoms. The van der Waals surface area contributed by atoms with Crippen LogP contribution in [0.15, 0.2) is 12.4 Å². The summed E-state index contributed by atoms with van der Waals surface area (Å²) in [7, 11) is 4.26. The molecule has 20 heavy (non-hydrogen) atoms. The maximum Gasteiger partial charge on any atom is 0.255 e. The molecule has 0 amide bonds. The van der Waals surface area contributed by atoms with Crippen molar-refractivity contribution in [2.75, 3.05) is 38.6 Å². The Balaban J connectivity index is 1.78. The lowest BCUT2D eigenvalue weighted by molar-refractivity contribution is 0.222. The molecular formula is C13H19ClN6. The molecule has 0 aliphatic carbocycles. The molecule has 3 rings (SSSR count). The van der Waals surface area contributed by atoms with Gasteiger partial charge in [0.1, 0.15) is 17.3 Å². The van der Waals surface area contributed by atoms with Crippen molar-refractivity contribution in [3.05, 3.63) is 17.5 Å². The van der Waals surface area contributed by atoms with Crippen LogP contribution in [-0.2, 0) is 0 Å². The van der Waals surface area contributed by atoms with Crippen molar-refractivity contribution in [2.45, 2.75) is 12.8 Å². The second kappa shape index (κ2) is 5.54. The number of piperidine rings is 1. The molecule has 6 nitrogen and oxygen atoms in total. The van der Waals surface area contributed by atoms with Gasteiger partial charge in [-0.15, -0.1) is 0 Å². The molecule has 0 radical (unpaired) electrons. The molecule has 108 valence electrons. The van der Waals surface area contributed by atoms with E-state index in [9.17, 15) is 0 Å². The Hall–Kier alpha value is -1.40. The number of likely N-dealkylation sites (tertiary alicyclic amines) is 1. The fourth-order valence-electron chi connectivity index (χ4n) is 2.77. The lowest BCUT2D eigenvalue weighted by atomic mass is 9.97. The van der Waals surface area contributed by atoms with Crippen molar-refractivity contribution < 1.29 is 0 Å². The molecule has 0 N–H and O–H groups in total. The number of rotatable bonds is 3. The molecule has 0 saturated carbocycles. The van der Waals surface area contributed by atoms with Gasteiger partial charge >= 0.3 is 0 Å². The SMILES string of the molecule is CN1CCC(CN(C)c2cc(Cl)nc3ncnn23)CC1. The Morgan fingerprint density at radius 3 is 2.90 bits per heavy atom. The fraction of sp³-hybridized carbons (Fsp3) is 0.615. The summed E-state index contributed by atoms with van der Waals surface area (Å²) in [4.78, 5) is 12.8. The van der Waals surface area contributed by atoms with Crippen molar-refractivity contribution >= 4 is 23.2 Å². The number of fused-ring (bicyclic) bond motifs is 1. The normalized spacial score (nSPS) is 17.8. The zero-order valence-corrected chi connectivity index (χ0v) is 12.6. The van der Waals surface area contributed by atoms with Crippen LogP contribution in [0.4, 0.5) is 5.82 Å². The van der Waals surface area contributed by atoms with E-state index in [0.29, 0.717) is 16.8 Å². The third-order valence-electron chi connectivity index (χ3n) is 3.96. The Morgan fingerprint density at radius 2 is 2.15 bits per heavy atom. The third-order valence-corrected chi connectivity index (χ3v) is 4.16. The van der Waals surface area contributed by atoms with Crippen LogP contribution in [0.5, 0.6) is 0 Å². The zero-order chi connectivity index (χ0) is 14.1. The largest absolute Gasteiger partial charge is 0.359 e. The average Bonchev–Trinajstić information content (AvgIpc) is 2.88. The second-order valence-electron chi connectivity index (χ2n) is 5.54. The van der Waals surface area contributed by atoms with E-state index >= 15 is 0 Å². The Bertz CT molecular complexity index is 590. The number of hydrogen-bond donors (Lipinski definition) is 0. The summed E-state index contributed by atoms with van der Waals surface area (Å²) in [6, 6.07) is 1.85. The topological polar surface area (TPSA) is 49.6 Å². The Kier molecular flexibility index (Phi) is 3.76. The van der Waals surface area contributed by atoms with Crippen molar-refractivity contribution in [3.8, 4) is 0 Å². The van der Waals surface area contributed by atoms with Crippen LogP contribution in [0.1, 0.15) is 12.8 Å². The first-order valence-corrected chi connectivity index (χ1v) is 7.27. The summed E-state index contributed by atoms with van der Waals surface area (Å²) in [6.07, 6.45) is 3.98. The first-order valence-electron chi connectivity index (χ1n) is 6.89. The molecule has 7 heteroatoms. The quantitative estimate of drug-likeness (QED) is 0.804. The summed E-state index contributed by atoms with van der Waals surface area (Å²) in [5.74, 6) is 2.20. The van der Waals surface area contributed by atoms with E-state index in [4.69, 9.17) is 11.6 Å². The predicted octanol–water partition coefficient (Wildman–Crippen LogP) is 1.56. The Labute approximate surface area is 123 Å². The van der Waals surface area contributed by atoms with Gasteiger partial charge in [0.2, 0.25) is 0 Å². The van der Waals surface area contributed by atoms with Gasteiger partial charge < -0.3 is 9.80 Å². The molecule has 0 aromatic carbocycles. The highest BCUT2D eigenvalue weighted by molar-refractivity contribution is 6.29. The average molecular weight is 295 g/mol. The molecular weight excluding hydrogens is 276 g/mol. The number of anilines is 1. The van der Waals surface area contributed by atoms with E-state index in [-0.39, 0.29) is 0 Å². The van der Waals surface area contributed by atoms with E-state index in [1.165, 1.54) is 32.3 Å². The first-order chi connectivity index (χ1) is 9.63. The van der Waals surface area contributed by atoms with Gasteiger partial charge in [-0.2, -0.15) is 19.6 Å². The maximum atomic E-state index is 6.06. The van der Waals surface area contributed by atoms with Gasteiger partial charge in [0.05, 0.1) is 0 Å². The summed E-state index contributed by atoms with van der Waals surface area (Å²) >= 11 is 6.06. The first kappa shape index (κ1) is 13.6. The third kappa shape index (κ3) is 2.71. The molecule has 1 aliphatic rings. The standard InChI is InChI=1S/C13H19ClN6/c1-18-5-3-10(4-6-18)8-19(2)12-7-11(14)17-13-15-9-16-20(12)13/h7,9-10H,3-6,8H2,1-2H3. The van der Waals surface area contributed by atoms with Gasteiger partial charge in [-0.25, -0.2) is 0 Å². The minimum atomic E-state index is 0.454. The Morgan fingerprint density at radius 1 is 1.40 bits per heavy atom. The predicted molar refractivity (Wildman–Crippen MR) is 79.3 cm³/mol. The molecule has 3 heterocycles. The van der Waals surface area contributed by atoms with Gasteiger partial charge in [0, 0.05) is 19.7 Å². The minimum absolute atomic E-state index is 0.454. The maximum absolute atomic E-state index is 6.06. The summed E-state index contributed by atoms with van der Waals surface area (Å²) in [5.41, 5.74) is 0. The van der Waals surface area contributed by atoms with Crippen molar-refractivity contribution in [1.82, 2.24) is 24.5 Å². The summed E-state index contributed by atoms with van der Waals surface area (Å²) in [6.45, 7) is 3.35. The lowest BCUT2D eigenvalue weighted by Gasteiger charge is -2.32. The van der Waals surface area contributed by atoms with Crippen LogP contribution in [0.3, 0.4) is 0 Å². The van der Waals surface area contributed by atoms with Crippen LogP contribution < -0.4 is 4.90 Å². The molecule has 0 unspecified atom stereocenters. The number of hydrogen-bond acceptors (Lipinski definition) is 5. The number of halogens is 1. The molecule has 2 aromatic heterocycles. The monoisotopic (exact) mass is 294 g/mol. The molecule has 2 aromatic rings. The van der Waals surface area contributed by atoms with Crippen LogP contribution in [0, 0.1) is 5.92 Å². The van der Waals surface area contributed by atoms with Crippen molar-refractivity contribution in [1.29, 1.82) is 0 Å². The van der Waals surface area contributed by atoms with Gasteiger partial charge in [-0.3, -0.25) is 0 Å². The smallest absolute Gasteiger partial charge is 0.255 e. The van der Waals surface area contributed by atoms with E-state index in [1.807, 2.05) is 6.07 Å². The van der Waals surface area contributed by atoms with Gasteiger partial charge in [-0.1, -0.05) is 11.6 Å². The number of nitrogens with zero attached hydrogens (tertiary/aromatic N) is 6. The van der Waals surface area contributed by atoms with Gasteiger partial charge in [0.15, 0.2) is 0 Å². The van der Waals surface area contributed by atoms with Crippen LogP contribution in [0.25, 0.3) is 5.78 Å². The fourth-order valence-corrected chi connectivity index (χ4v) is 2.94. The van der Waals surface area contributed by atoms with Crippen LogP contribution >= 0.6 is 11.6 Å². The van der Waals surface area contributed by atoms with Crippen LogP contribution in [0.2, 0.25) is 5.15 Å². The lowest BCUT2D eigenvalue weighted by Crippen LogP contribution is -2.36. The summed E-state index contributed by atoms with van der Waals surface area (Å²) in [5, 5.41) is 4.67. The minimum Gasteiger partial charge on any atom is -0.359 e. The van der Waals surface area contributed by atoms with E-state index < -0.39 is 0 Å². The zero-order valence-electron chi connectivity index (χ0n) is 11.8. The highest BCUT2D eigenvalue weighted by Crippen LogP contribution is 2.22. The van der Waals surface area contributed by atoms with Gasteiger partial charge in [-0.05, 0) is 38.9 Å². The number of aromatic nitrogens is 4. The van der Waals surface area contributed by atoms with Gasteiger partial charge in [0.25, 0.3) is 5.78 Å². The highest BCUT2D eigenvalue weighted by atomic mass is 35.5. The van der Waals surface area contributed by atoms with Crippen molar-refractivity contribution in [3.63, 3.8) is 0 Å². The van der Waals surface area contributed by atoms with E-state index in [2.05, 4.69) is 39.0 Å². The summed E-state index contributed by atoms with van der Waals surface area (Å²) < 4.78 is 1.74. The second-order valence-corrected chi connectivity index (χ2v) is 5.92. The molecule has 1 saturated heterocycles. The molecule has 1 fully saturated rings. The highest BCUT2D eigenvalue weighted by Gasteiger charge is 2.20. The molecule has 1 aliphatic heterocycles. The molecule has 0 atom stereocenters.